The molecule has 0 bridgehead atoms. The molecule has 2 aromatic heterocycles. The number of amides is 1. The van der Waals surface area contributed by atoms with Crippen LogP contribution in [0.15, 0.2) is 53.3 Å². The van der Waals surface area contributed by atoms with Crippen LogP contribution in [0.5, 0.6) is 0 Å². The SMILES string of the molecule is CCn1cc(CN2CCC([C@H](Cc3ccccc3Cl)N(C)C(=O)c3ccco3)CC2)c(C)n1. The Morgan fingerprint density at radius 2 is 1.97 bits per heavy atom. The van der Waals surface area contributed by atoms with Crippen LogP contribution in [0, 0.1) is 12.8 Å². The molecule has 1 saturated heterocycles. The third kappa shape index (κ3) is 5.50. The minimum atomic E-state index is -0.0814. The summed E-state index contributed by atoms with van der Waals surface area (Å²) in [6.07, 6.45) is 6.51. The molecule has 3 heterocycles. The van der Waals surface area contributed by atoms with Gasteiger partial charge < -0.3 is 9.32 Å². The Morgan fingerprint density at radius 3 is 2.61 bits per heavy atom. The Balaban J connectivity index is 1.47. The first-order chi connectivity index (χ1) is 16.0. The number of aryl methyl sites for hydroxylation is 2. The second-order valence-corrected chi connectivity index (χ2v) is 9.37. The van der Waals surface area contributed by atoms with Gasteiger partial charge in [0.2, 0.25) is 0 Å². The largest absolute Gasteiger partial charge is 0.459 e. The van der Waals surface area contributed by atoms with Crippen molar-refractivity contribution >= 4 is 17.5 Å². The number of carbonyl (C=O) groups excluding carboxylic acids is 1. The van der Waals surface area contributed by atoms with Crippen LogP contribution in [-0.2, 0) is 19.5 Å². The van der Waals surface area contributed by atoms with E-state index >= 15 is 0 Å². The average molecular weight is 469 g/mol. The van der Waals surface area contributed by atoms with Gasteiger partial charge >= 0.3 is 0 Å². The smallest absolute Gasteiger partial charge is 0.289 e. The molecule has 1 fully saturated rings. The Morgan fingerprint density at radius 1 is 1.21 bits per heavy atom. The molecule has 1 aliphatic heterocycles. The van der Waals surface area contributed by atoms with Crippen molar-refractivity contribution in [3.05, 3.63) is 76.5 Å². The van der Waals surface area contributed by atoms with Gasteiger partial charge in [-0.15, -0.1) is 0 Å². The van der Waals surface area contributed by atoms with E-state index in [1.54, 1.807) is 18.4 Å². The van der Waals surface area contributed by atoms with E-state index in [9.17, 15) is 4.79 Å². The van der Waals surface area contributed by atoms with Crippen LogP contribution in [0.4, 0.5) is 0 Å². The Bertz CT molecular complexity index is 1050. The number of benzene rings is 1. The fourth-order valence-corrected chi connectivity index (χ4v) is 5.06. The molecule has 0 unspecified atom stereocenters. The van der Waals surface area contributed by atoms with E-state index < -0.39 is 0 Å². The maximum Gasteiger partial charge on any atom is 0.289 e. The molecular formula is C26H33ClN4O2. The second kappa shape index (κ2) is 10.6. The Hall–Kier alpha value is -2.57. The summed E-state index contributed by atoms with van der Waals surface area (Å²) in [5, 5.41) is 5.34. The minimum absolute atomic E-state index is 0.0502. The molecule has 33 heavy (non-hydrogen) atoms. The van der Waals surface area contributed by atoms with Crippen LogP contribution in [0.25, 0.3) is 0 Å². The molecule has 0 aliphatic carbocycles. The van der Waals surface area contributed by atoms with Gasteiger partial charge in [-0.25, -0.2) is 0 Å². The number of furan rings is 1. The maximum atomic E-state index is 13.1. The van der Waals surface area contributed by atoms with Crippen molar-refractivity contribution in [1.82, 2.24) is 19.6 Å². The van der Waals surface area contributed by atoms with E-state index in [-0.39, 0.29) is 11.9 Å². The van der Waals surface area contributed by atoms with Crippen molar-refractivity contribution in [1.29, 1.82) is 0 Å². The first kappa shape index (κ1) is 23.6. The molecule has 0 radical (unpaired) electrons. The number of piperidine rings is 1. The molecule has 1 aromatic carbocycles. The van der Waals surface area contributed by atoms with Crippen molar-refractivity contribution in [3.8, 4) is 0 Å². The van der Waals surface area contributed by atoms with Crippen LogP contribution >= 0.6 is 11.6 Å². The summed E-state index contributed by atoms with van der Waals surface area (Å²) in [5.74, 6) is 0.686. The molecule has 4 rings (SSSR count). The average Bonchev–Trinajstić information content (AvgIpc) is 3.48. The number of aromatic nitrogens is 2. The van der Waals surface area contributed by atoms with E-state index in [0.29, 0.717) is 11.7 Å². The zero-order valence-corrected chi connectivity index (χ0v) is 20.5. The third-order valence-electron chi connectivity index (χ3n) is 6.88. The molecule has 1 aliphatic rings. The Labute approximate surface area is 201 Å². The van der Waals surface area contributed by atoms with Crippen LogP contribution < -0.4 is 0 Å². The number of rotatable bonds is 8. The predicted molar refractivity (Wildman–Crippen MR) is 130 cm³/mol. The van der Waals surface area contributed by atoms with Gasteiger partial charge in [-0.2, -0.15) is 5.10 Å². The van der Waals surface area contributed by atoms with E-state index in [2.05, 4.69) is 36.1 Å². The zero-order valence-electron chi connectivity index (χ0n) is 19.7. The first-order valence-electron chi connectivity index (χ1n) is 11.8. The monoisotopic (exact) mass is 468 g/mol. The molecular weight excluding hydrogens is 436 g/mol. The third-order valence-corrected chi connectivity index (χ3v) is 7.25. The highest BCUT2D eigenvalue weighted by Gasteiger charge is 2.33. The summed E-state index contributed by atoms with van der Waals surface area (Å²) in [5.41, 5.74) is 3.49. The highest BCUT2D eigenvalue weighted by molar-refractivity contribution is 6.31. The molecule has 1 amide bonds. The summed E-state index contributed by atoms with van der Waals surface area (Å²) >= 11 is 6.50. The van der Waals surface area contributed by atoms with E-state index in [1.807, 2.05) is 34.8 Å². The standard InChI is InChI=1S/C26H33ClN4O2/c1-4-31-18-22(19(2)28-31)17-30-13-11-20(12-14-30)24(16-21-8-5-6-9-23(21)27)29(3)26(32)25-10-7-15-33-25/h5-10,15,18,20,24H,4,11-14,16-17H2,1-3H3/t24-/m0/s1. The molecule has 176 valence electrons. The number of nitrogens with zero attached hydrogens (tertiary/aromatic N) is 4. The summed E-state index contributed by atoms with van der Waals surface area (Å²) in [4.78, 5) is 17.5. The van der Waals surface area contributed by atoms with Crippen molar-refractivity contribution in [2.75, 3.05) is 20.1 Å². The molecule has 0 saturated carbocycles. The normalized spacial score (nSPS) is 16.1. The fraction of sp³-hybridized carbons (Fsp3) is 0.462. The van der Waals surface area contributed by atoms with Gasteiger partial charge in [-0.05, 0) is 75.9 Å². The van der Waals surface area contributed by atoms with Gasteiger partial charge in [-0.3, -0.25) is 14.4 Å². The second-order valence-electron chi connectivity index (χ2n) is 8.97. The lowest BCUT2D eigenvalue weighted by Gasteiger charge is -2.40. The van der Waals surface area contributed by atoms with Gasteiger partial charge in [0.15, 0.2) is 5.76 Å². The molecule has 3 aromatic rings. The minimum Gasteiger partial charge on any atom is -0.459 e. The summed E-state index contributed by atoms with van der Waals surface area (Å²) < 4.78 is 7.41. The van der Waals surface area contributed by atoms with Crippen molar-refractivity contribution in [2.45, 2.75) is 52.2 Å². The summed E-state index contributed by atoms with van der Waals surface area (Å²) in [6, 6.07) is 11.5. The first-order valence-corrected chi connectivity index (χ1v) is 12.1. The van der Waals surface area contributed by atoms with E-state index in [1.165, 1.54) is 5.56 Å². The lowest BCUT2D eigenvalue weighted by atomic mass is 9.84. The quantitative estimate of drug-likeness (QED) is 0.464. The molecule has 0 N–H and O–H groups in total. The Kier molecular flexibility index (Phi) is 7.56. The topological polar surface area (TPSA) is 54.5 Å². The maximum absolute atomic E-state index is 13.1. The van der Waals surface area contributed by atoms with Crippen molar-refractivity contribution < 1.29 is 9.21 Å². The molecule has 7 heteroatoms. The van der Waals surface area contributed by atoms with Gasteiger partial charge in [-0.1, -0.05) is 29.8 Å². The lowest BCUT2D eigenvalue weighted by Crippen LogP contribution is -2.47. The number of carbonyl (C=O) groups is 1. The zero-order chi connectivity index (χ0) is 23.4. The van der Waals surface area contributed by atoms with E-state index in [4.69, 9.17) is 16.0 Å². The van der Waals surface area contributed by atoms with E-state index in [0.717, 1.165) is 61.7 Å². The van der Waals surface area contributed by atoms with Gasteiger partial charge in [0.05, 0.1) is 12.0 Å². The van der Waals surface area contributed by atoms with Crippen molar-refractivity contribution in [2.24, 2.45) is 5.92 Å². The predicted octanol–water partition coefficient (Wildman–Crippen LogP) is 5.05. The summed E-state index contributed by atoms with van der Waals surface area (Å²) in [7, 11) is 1.89. The summed E-state index contributed by atoms with van der Waals surface area (Å²) in [6.45, 7) is 8.02. The van der Waals surface area contributed by atoms with Crippen LogP contribution in [0.3, 0.4) is 0 Å². The lowest BCUT2D eigenvalue weighted by molar-refractivity contribution is 0.0556. The number of hydrogen-bond donors (Lipinski definition) is 0. The number of likely N-dealkylation sites (tertiary alicyclic amines) is 1. The van der Waals surface area contributed by atoms with Crippen LogP contribution in [-0.4, -0.2) is 51.7 Å². The number of hydrogen-bond acceptors (Lipinski definition) is 4. The number of halogens is 1. The number of likely N-dealkylation sites (N-methyl/N-ethyl adjacent to an activating group) is 1. The molecule has 6 nitrogen and oxygen atoms in total. The molecule has 0 spiro atoms. The van der Waals surface area contributed by atoms with Gasteiger partial charge in [0.1, 0.15) is 0 Å². The highest BCUT2D eigenvalue weighted by atomic mass is 35.5. The highest BCUT2D eigenvalue weighted by Crippen LogP contribution is 2.30. The fourth-order valence-electron chi connectivity index (χ4n) is 4.85. The van der Waals surface area contributed by atoms with Gasteiger partial charge in [0.25, 0.3) is 5.91 Å². The van der Waals surface area contributed by atoms with Gasteiger partial charge in [0, 0.05) is 43.0 Å². The van der Waals surface area contributed by atoms with Crippen molar-refractivity contribution in [3.63, 3.8) is 0 Å². The van der Waals surface area contributed by atoms with Crippen LogP contribution in [0.2, 0.25) is 5.02 Å². The van der Waals surface area contributed by atoms with Crippen LogP contribution in [0.1, 0.15) is 47.1 Å². The molecule has 1 atom stereocenters.